The normalized spacial score (nSPS) is 11.2. The maximum atomic E-state index is 11.6. The van der Waals surface area contributed by atoms with Gasteiger partial charge in [-0.2, -0.15) is 0 Å². The average Bonchev–Trinajstić information content (AvgIpc) is 2.43. The number of terminal acetylenes is 1. The SMILES string of the molecule is C#CCN(CCC(=O)OCC(Cl)(Cl)Cl)Cc1ccccc1. The Morgan fingerprint density at radius 1 is 1.29 bits per heavy atom. The molecular formula is C15H16Cl3NO2. The van der Waals surface area contributed by atoms with E-state index in [1.54, 1.807) is 0 Å². The lowest BCUT2D eigenvalue weighted by atomic mass is 10.2. The van der Waals surface area contributed by atoms with Gasteiger partial charge in [0.25, 0.3) is 0 Å². The van der Waals surface area contributed by atoms with E-state index in [9.17, 15) is 4.79 Å². The van der Waals surface area contributed by atoms with Gasteiger partial charge in [-0.25, -0.2) is 0 Å². The number of benzene rings is 1. The first-order valence-corrected chi connectivity index (χ1v) is 7.46. The Morgan fingerprint density at radius 2 is 1.95 bits per heavy atom. The summed E-state index contributed by atoms with van der Waals surface area (Å²) in [6.07, 6.45) is 5.53. The fourth-order valence-electron chi connectivity index (χ4n) is 1.67. The van der Waals surface area contributed by atoms with Gasteiger partial charge in [-0.05, 0) is 5.56 Å². The van der Waals surface area contributed by atoms with Crippen molar-refractivity contribution in [3.63, 3.8) is 0 Å². The van der Waals surface area contributed by atoms with Crippen molar-refractivity contribution < 1.29 is 9.53 Å². The summed E-state index contributed by atoms with van der Waals surface area (Å²) < 4.78 is 3.29. The number of nitrogens with zero attached hydrogens (tertiary/aromatic N) is 1. The number of hydrogen-bond donors (Lipinski definition) is 0. The van der Waals surface area contributed by atoms with Gasteiger partial charge in [0.1, 0.15) is 6.61 Å². The second kappa shape index (κ2) is 9.17. The van der Waals surface area contributed by atoms with Crippen molar-refractivity contribution in [1.82, 2.24) is 4.90 Å². The fraction of sp³-hybridized carbons (Fsp3) is 0.400. The van der Waals surface area contributed by atoms with E-state index in [0.717, 1.165) is 5.56 Å². The van der Waals surface area contributed by atoms with Gasteiger partial charge in [-0.15, -0.1) is 6.42 Å². The van der Waals surface area contributed by atoms with Crippen LogP contribution in [0.15, 0.2) is 30.3 Å². The third-order valence-corrected chi connectivity index (χ3v) is 2.92. The van der Waals surface area contributed by atoms with Crippen molar-refractivity contribution in [1.29, 1.82) is 0 Å². The predicted octanol–water partition coefficient (Wildman–Crippen LogP) is 3.43. The lowest BCUT2D eigenvalue weighted by Crippen LogP contribution is -2.27. The molecule has 0 aromatic heterocycles. The summed E-state index contributed by atoms with van der Waals surface area (Å²) in [7, 11) is 0. The standard InChI is InChI=1S/C15H16Cl3NO2/c1-2-9-19(11-13-6-4-3-5-7-13)10-8-14(20)21-12-15(16,17)18/h1,3-7H,8-12H2. The molecule has 21 heavy (non-hydrogen) atoms. The summed E-state index contributed by atoms with van der Waals surface area (Å²) in [6, 6.07) is 9.87. The molecule has 0 amide bonds. The molecule has 0 radical (unpaired) electrons. The lowest BCUT2D eigenvalue weighted by Gasteiger charge is -2.19. The van der Waals surface area contributed by atoms with Crippen molar-refractivity contribution in [3.8, 4) is 12.3 Å². The van der Waals surface area contributed by atoms with E-state index in [1.165, 1.54) is 0 Å². The van der Waals surface area contributed by atoms with Gasteiger partial charge in [0.2, 0.25) is 3.79 Å². The number of esters is 1. The predicted molar refractivity (Wildman–Crippen MR) is 86.4 cm³/mol. The van der Waals surface area contributed by atoms with E-state index < -0.39 is 9.76 Å². The molecule has 0 aliphatic rings. The highest BCUT2D eigenvalue weighted by atomic mass is 35.6. The molecule has 0 atom stereocenters. The van der Waals surface area contributed by atoms with Crippen LogP contribution in [0.2, 0.25) is 0 Å². The zero-order valence-corrected chi connectivity index (χ0v) is 13.7. The van der Waals surface area contributed by atoms with Gasteiger partial charge in [0, 0.05) is 13.1 Å². The van der Waals surface area contributed by atoms with Crippen molar-refractivity contribution in [2.24, 2.45) is 0 Å². The molecule has 0 heterocycles. The Hall–Kier alpha value is -0.920. The molecule has 0 saturated carbocycles. The monoisotopic (exact) mass is 347 g/mol. The Labute approximate surface area is 140 Å². The highest BCUT2D eigenvalue weighted by Gasteiger charge is 2.22. The van der Waals surface area contributed by atoms with Crippen molar-refractivity contribution in [2.75, 3.05) is 19.7 Å². The topological polar surface area (TPSA) is 29.5 Å². The number of ether oxygens (including phenoxy) is 1. The third-order valence-electron chi connectivity index (χ3n) is 2.59. The molecule has 3 nitrogen and oxygen atoms in total. The van der Waals surface area contributed by atoms with Gasteiger partial charge in [0.05, 0.1) is 13.0 Å². The summed E-state index contributed by atoms with van der Waals surface area (Å²) in [5.74, 6) is 2.16. The largest absolute Gasteiger partial charge is 0.461 e. The number of halogens is 3. The summed E-state index contributed by atoms with van der Waals surface area (Å²) >= 11 is 16.5. The van der Waals surface area contributed by atoms with Crippen LogP contribution in [0.5, 0.6) is 0 Å². The molecule has 0 aliphatic heterocycles. The quantitative estimate of drug-likeness (QED) is 0.429. The zero-order valence-electron chi connectivity index (χ0n) is 11.4. The van der Waals surface area contributed by atoms with Gasteiger partial charge in [0.15, 0.2) is 0 Å². The van der Waals surface area contributed by atoms with Crippen LogP contribution >= 0.6 is 34.8 Å². The number of alkyl halides is 3. The number of carbonyl (C=O) groups excluding carboxylic acids is 1. The number of carbonyl (C=O) groups is 1. The van der Waals surface area contributed by atoms with Gasteiger partial charge < -0.3 is 4.74 Å². The molecular weight excluding hydrogens is 333 g/mol. The summed E-state index contributed by atoms with van der Waals surface area (Å²) in [4.78, 5) is 13.6. The molecule has 0 bridgehead atoms. The number of rotatable bonds is 7. The smallest absolute Gasteiger partial charge is 0.307 e. The van der Waals surface area contributed by atoms with E-state index in [-0.39, 0.29) is 13.0 Å². The van der Waals surface area contributed by atoms with E-state index in [4.69, 9.17) is 46.0 Å². The van der Waals surface area contributed by atoms with Crippen LogP contribution in [-0.2, 0) is 16.1 Å². The van der Waals surface area contributed by atoms with Gasteiger partial charge >= 0.3 is 5.97 Å². The van der Waals surface area contributed by atoms with E-state index in [1.807, 2.05) is 35.2 Å². The number of hydrogen-bond acceptors (Lipinski definition) is 3. The summed E-state index contributed by atoms with van der Waals surface area (Å²) in [5.41, 5.74) is 1.13. The lowest BCUT2D eigenvalue weighted by molar-refractivity contribution is -0.143. The van der Waals surface area contributed by atoms with Crippen LogP contribution in [0, 0.1) is 12.3 Å². The van der Waals surface area contributed by atoms with Crippen molar-refractivity contribution in [3.05, 3.63) is 35.9 Å². The average molecular weight is 349 g/mol. The Balaban J connectivity index is 2.41. The van der Waals surface area contributed by atoms with E-state index in [0.29, 0.717) is 19.6 Å². The molecule has 6 heteroatoms. The van der Waals surface area contributed by atoms with Gasteiger partial charge in [-0.3, -0.25) is 9.69 Å². The van der Waals surface area contributed by atoms with Gasteiger partial charge in [-0.1, -0.05) is 71.1 Å². The molecule has 0 N–H and O–H groups in total. The third kappa shape index (κ3) is 8.85. The van der Waals surface area contributed by atoms with Crippen molar-refractivity contribution in [2.45, 2.75) is 16.8 Å². The minimum Gasteiger partial charge on any atom is -0.461 e. The highest BCUT2D eigenvalue weighted by molar-refractivity contribution is 6.67. The first-order chi connectivity index (χ1) is 9.90. The zero-order chi connectivity index (χ0) is 15.7. The minimum atomic E-state index is -1.59. The molecule has 0 unspecified atom stereocenters. The molecule has 1 aromatic rings. The first-order valence-electron chi connectivity index (χ1n) is 6.33. The Morgan fingerprint density at radius 3 is 2.52 bits per heavy atom. The molecule has 0 aliphatic carbocycles. The van der Waals surface area contributed by atoms with Crippen LogP contribution in [-0.4, -0.2) is 34.4 Å². The van der Waals surface area contributed by atoms with E-state index >= 15 is 0 Å². The molecule has 0 spiro atoms. The Bertz CT molecular complexity index is 480. The van der Waals surface area contributed by atoms with Crippen LogP contribution in [0.3, 0.4) is 0 Å². The summed E-state index contributed by atoms with van der Waals surface area (Å²) in [5, 5.41) is 0. The minimum absolute atomic E-state index is 0.190. The fourth-order valence-corrected chi connectivity index (χ4v) is 1.83. The van der Waals surface area contributed by atoms with Crippen LogP contribution < -0.4 is 0 Å². The Kier molecular flexibility index (Phi) is 7.92. The maximum absolute atomic E-state index is 11.6. The van der Waals surface area contributed by atoms with Crippen LogP contribution in [0.4, 0.5) is 0 Å². The highest BCUT2D eigenvalue weighted by Crippen LogP contribution is 2.26. The van der Waals surface area contributed by atoms with E-state index in [2.05, 4.69) is 5.92 Å². The molecule has 0 saturated heterocycles. The van der Waals surface area contributed by atoms with Crippen LogP contribution in [0.1, 0.15) is 12.0 Å². The van der Waals surface area contributed by atoms with Crippen LogP contribution in [0.25, 0.3) is 0 Å². The molecule has 114 valence electrons. The first kappa shape index (κ1) is 18.1. The molecule has 1 aromatic carbocycles. The second-order valence-electron chi connectivity index (χ2n) is 4.43. The molecule has 1 rings (SSSR count). The summed E-state index contributed by atoms with van der Waals surface area (Å²) in [6.45, 7) is 1.34. The second-order valence-corrected chi connectivity index (χ2v) is 6.94. The maximum Gasteiger partial charge on any atom is 0.307 e. The molecule has 0 fully saturated rings. The van der Waals surface area contributed by atoms with Crippen molar-refractivity contribution >= 4 is 40.8 Å².